The van der Waals surface area contributed by atoms with Crippen molar-refractivity contribution in [2.24, 2.45) is 0 Å². The summed E-state index contributed by atoms with van der Waals surface area (Å²) >= 11 is 0. The summed E-state index contributed by atoms with van der Waals surface area (Å²) < 4.78 is 7.27. The third-order valence-corrected chi connectivity index (χ3v) is 5.06. The fraction of sp³-hybridized carbons (Fsp3) is 0.588. The molecular formula is C17H24N6O2. The van der Waals surface area contributed by atoms with Gasteiger partial charge in [-0.15, -0.1) is 0 Å². The smallest absolute Gasteiger partial charge is 0.276 e. The van der Waals surface area contributed by atoms with Crippen LogP contribution in [0.2, 0.25) is 0 Å². The van der Waals surface area contributed by atoms with E-state index in [4.69, 9.17) is 4.52 Å². The average Bonchev–Trinajstić information content (AvgIpc) is 3.22. The summed E-state index contributed by atoms with van der Waals surface area (Å²) in [6.45, 7) is 9.09. The summed E-state index contributed by atoms with van der Waals surface area (Å²) in [5.74, 6) is 1.51. The Morgan fingerprint density at radius 2 is 2.00 bits per heavy atom. The zero-order valence-corrected chi connectivity index (χ0v) is 14.8. The Labute approximate surface area is 147 Å². The number of rotatable bonds is 3. The van der Waals surface area contributed by atoms with E-state index >= 15 is 0 Å². The van der Waals surface area contributed by atoms with Crippen LogP contribution in [0.5, 0.6) is 0 Å². The third-order valence-electron chi connectivity index (χ3n) is 5.06. The fourth-order valence-corrected chi connectivity index (χ4v) is 3.49. The number of carbonyl (C=O) groups is 1. The fourth-order valence-electron chi connectivity index (χ4n) is 3.49. The van der Waals surface area contributed by atoms with Gasteiger partial charge in [0, 0.05) is 58.1 Å². The molecule has 0 aliphatic carbocycles. The first-order chi connectivity index (χ1) is 12.1. The molecule has 0 aromatic carbocycles. The van der Waals surface area contributed by atoms with E-state index in [9.17, 15) is 4.79 Å². The van der Waals surface area contributed by atoms with Gasteiger partial charge in [-0.2, -0.15) is 0 Å². The zero-order chi connectivity index (χ0) is 17.4. The van der Waals surface area contributed by atoms with E-state index in [2.05, 4.69) is 31.6 Å². The molecule has 1 saturated heterocycles. The van der Waals surface area contributed by atoms with E-state index < -0.39 is 0 Å². The number of aryl methyl sites for hydroxylation is 1. The number of nitrogens with zero attached hydrogens (tertiary/aromatic N) is 6. The second-order valence-corrected chi connectivity index (χ2v) is 6.95. The van der Waals surface area contributed by atoms with Gasteiger partial charge in [-0.1, -0.05) is 5.16 Å². The van der Waals surface area contributed by atoms with Gasteiger partial charge in [0.05, 0.1) is 12.2 Å². The molecule has 2 aromatic rings. The van der Waals surface area contributed by atoms with Crippen molar-refractivity contribution < 1.29 is 9.32 Å². The number of amides is 1. The molecule has 2 aliphatic rings. The highest BCUT2D eigenvalue weighted by molar-refractivity contribution is 5.92. The van der Waals surface area contributed by atoms with Gasteiger partial charge in [0.2, 0.25) is 0 Å². The molecule has 0 radical (unpaired) electrons. The van der Waals surface area contributed by atoms with Crippen LogP contribution in [0.25, 0.3) is 0 Å². The van der Waals surface area contributed by atoms with Gasteiger partial charge >= 0.3 is 0 Å². The van der Waals surface area contributed by atoms with Gasteiger partial charge in [-0.3, -0.25) is 9.69 Å². The highest BCUT2D eigenvalue weighted by Crippen LogP contribution is 2.18. The number of hydrogen-bond donors (Lipinski definition) is 0. The van der Waals surface area contributed by atoms with Crippen LogP contribution < -0.4 is 0 Å². The molecule has 134 valence electrons. The van der Waals surface area contributed by atoms with Crippen LogP contribution in [0.3, 0.4) is 0 Å². The molecule has 2 aromatic heterocycles. The standard InChI is InChI=1S/C17H24N6O2/c1-13-9-15(19-25-13)17(24)22-7-8-23-14(10-18-16(23)12-22)11-21-5-3-20(2)4-6-21/h9-10H,3-8,11-12H2,1-2H3. The van der Waals surface area contributed by atoms with Crippen molar-refractivity contribution in [1.29, 1.82) is 0 Å². The van der Waals surface area contributed by atoms with Crippen LogP contribution in [-0.4, -0.2) is 75.1 Å². The molecule has 0 N–H and O–H groups in total. The molecule has 25 heavy (non-hydrogen) atoms. The minimum absolute atomic E-state index is 0.0910. The summed E-state index contributed by atoms with van der Waals surface area (Å²) in [4.78, 5) is 23.7. The molecule has 0 bridgehead atoms. The van der Waals surface area contributed by atoms with Crippen molar-refractivity contribution in [1.82, 2.24) is 29.4 Å². The predicted octanol–water partition coefficient (Wildman–Crippen LogP) is 0.583. The third kappa shape index (κ3) is 3.32. The Balaban J connectivity index is 1.43. The molecule has 2 aliphatic heterocycles. The maximum atomic E-state index is 12.5. The zero-order valence-electron chi connectivity index (χ0n) is 14.8. The van der Waals surface area contributed by atoms with Crippen molar-refractivity contribution >= 4 is 5.91 Å². The minimum atomic E-state index is -0.0910. The van der Waals surface area contributed by atoms with Crippen molar-refractivity contribution in [3.63, 3.8) is 0 Å². The summed E-state index contributed by atoms with van der Waals surface area (Å²) in [6.07, 6.45) is 1.96. The van der Waals surface area contributed by atoms with Crippen molar-refractivity contribution in [3.8, 4) is 0 Å². The minimum Gasteiger partial charge on any atom is -0.361 e. The molecule has 0 spiro atoms. The monoisotopic (exact) mass is 344 g/mol. The molecule has 1 amide bonds. The summed E-state index contributed by atoms with van der Waals surface area (Å²) in [6, 6.07) is 1.68. The number of fused-ring (bicyclic) bond motifs is 1. The molecule has 0 unspecified atom stereocenters. The van der Waals surface area contributed by atoms with Crippen molar-refractivity contribution in [2.45, 2.75) is 26.6 Å². The molecule has 4 rings (SSSR count). The highest BCUT2D eigenvalue weighted by atomic mass is 16.5. The molecule has 8 heteroatoms. The van der Waals surface area contributed by atoms with Crippen LogP contribution in [0.15, 0.2) is 16.8 Å². The number of hydrogen-bond acceptors (Lipinski definition) is 6. The number of carbonyl (C=O) groups excluding carboxylic acids is 1. The lowest BCUT2D eigenvalue weighted by Gasteiger charge is -2.33. The Morgan fingerprint density at radius 3 is 2.72 bits per heavy atom. The lowest BCUT2D eigenvalue weighted by atomic mass is 10.2. The highest BCUT2D eigenvalue weighted by Gasteiger charge is 2.26. The number of piperazine rings is 1. The van der Waals surface area contributed by atoms with E-state index in [0.717, 1.165) is 45.1 Å². The normalized spacial score (nSPS) is 19.2. The number of likely N-dealkylation sites (N-methyl/N-ethyl adjacent to an activating group) is 1. The molecule has 8 nitrogen and oxygen atoms in total. The second-order valence-electron chi connectivity index (χ2n) is 6.95. The van der Waals surface area contributed by atoms with E-state index in [-0.39, 0.29) is 5.91 Å². The Bertz CT molecular complexity index is 759. The molecule has 0 atom stereocenters. The van der Waals surface area contributed by atoms with Gasteiger partial charge in [0.1, 0.15) is 11.6 Å². The number of imidazole rings is 1. The topological polar surface area (TPSA) is 70.6 Å². The molecule has 1 fully saturated rings. The first-order valence-corrected chi connectivity index (χ1v) is 8.77. The Kier molecular flexibility index (Phi) is 4.30. The summed E-state index contributed by atoms with van der Waals surface area (Å²) in [5.41, 5.74) is 1.61. The van der Waals surface area contributed by atoms with E-state index in [1.165, 1.54) is 5.69 Å². The van der Waals surface area contributed by atoms with Crippen molar-refractivity contribution in [3.05, 3.63) is 35.2 Å². The van der Waals surface area contributed by atoms with E-state index in [1.807, 2.05) is 6.20 Å². The number of aromatic nitrogens is 3. The van der Waals surface area contributed by atoms with Gasteiger partial charge in [0.15, 0.2) is 5.69 Å². The van der Waals surface area contributed by atoms with Crippen LogP contribution >= 0.6 is 0 Å². The maximum Gasteiger partial charge on any atom is 0.276 e. The van der Waals surface area contributed by atoms with Gasteiger partial charge in [0.25, 0.3) is 5.91 Å². The summed E-state index contributed by atoms with van der Waals surface area (Å²) in [5, 5.41) is 3.83. The second kappa shape index (κ2) is 6.61. The van der Waals surface area contributed by atoms with Crippen LogP contribution in [-0.2, 0) is 19.6 Å². The van der Waals surface area contributed by atoms with Gasteiger partial charge < -0.3 is 18.9 Å². The van der Waals surface area contributed by atoms with Gasteiger partial charge in [-0.05, 0) is 14.0 Å². The first-order valence-electron chi connectivity index (χ1n) is 8.77. The van der Waals surface area contributed by atoms with Crippen molar-refractivity contribution in [2.75, 3.05) is 39.8 Å². The predicted molar refractivity (Wildman–Crippen MR) is 91.0 cm³/mol. The first kappa shape index (κ1) is 16.3. The molecular weight excluding hydrogens is 320 g/mol. The molecule has 0 saturated carbocycles. The lowest BCUT2D eigenvalue weighted by molar-refractivity contribution is 0.0694. The molecule has 4 heterocycles. The van der Waals surface area contributed by atoms with Gasteiger partial charge in [-0.25, -0.2) is 4.98 Å². The SMILES string of the molecule is Cc1cc(C(=O)N2CCn3c(CN4CCN(C)CC4)cnc3C2)no1. The lowest BCUT2D eigenvalue weighted by Crippen LogP contribution is -2.44. The van der Waals surface area contributed by atoms with E-state index in [1.54, 1.807) is 17.9 Å². The Hall–Kier alpha value is -2.19. The van der Waals surface area contributed by atoms with Crippen LogP contribution in [0, 0.1) is 6.92 Å². The quantitative estimate of drug-likeness (QED) is 0.811. The largest absolute Gasteiger partial charge is 0.361 e. The Morgan fingerprint density at radius 1 is 1.20 bits per heavy atom. The average molecular weight is 344 g/mol. The van der Waals surface area contributed by atoms with Crippen LogP contribution in [0.1, 0.15) is 27.8 Å². The maximum absolute atomic E-state index is 12.5. The van der Waals surface area contributed by atoms with Crippen LogP contribution in [0.4, 0.5) is 0 Å². The van der Waals surface area contributed by atoms with E-state index in [0.29, 0.717) is 24.5 Å². The summed E-state index contributed by atoms with van der Waals surface area (Å²) in [7, 11) is 2.17.